The Hall–Kier alpha value is -0.220. The molecule has 0 aromatic rings. The lowest BCUT2D eigenvalue weighted by atomic mass is 10.2. The molecule has 0 aromatic carbocycles. The van der Waals surface area contributed by atoms with Gasteiger partial charge in [-0.15, -0.1) is 0 Å². The number of hydrogen-bond acceptors (Lipinski definition) is 3. The van der Waals surface area contributed by atoms with Crippen molar-refractivity contribution < 1.29 is 4.79 Å². The number of nitrogens with zero attached hydrogens (tertiary/aromatic N) is 1. The first-order valence-electron chi connectivity index (χ1n) is 6.94. The van der Waals surface area contributed by atoms with Crippen molar-refractivity contribution in [2.24, 2.45) is 0 Å². The summed E-state index contributed by atoms with van der Waals surface area (Å²) in [7, 11) is 0. The summed E-state index contributed by atoms with van der Waals surface area (Å²) in [4.78, 5) is 14.4. The fourth-order valence-corrected chi connectivity index (χ4v) is 4.04. The zero-order chi connectivity index (χ0) is 12.3. The Labute approximate surface area is 109 Å². The standard InChI is InChI=1S/C13H24N2OS/c1-3-6-12-14-11(4-2)13(16)15(12)9-10-7-5-8-17-10/h10-12,14H,3-9H2,1-2H3. The highest BCUT2D eigenvalue weighted by molar-refractivity contribution is 8.00. The molecule has 0 bridgehead atoms. The third-order valence-electron chi connectivity index (χ3n) is 3.75. The minimum absolute atomic E-state index is 0.0675. The first kappa shape index (κ1) is 13.2. The Morgan fingerprint density at radius 1 is 1.47 bits per heavy atom. The summed E-state index contributed by atoms with van der Waals surface area (Å²) < 4.78 is 0. The molecular weight excluding hydrogens is 232 g/mol. The van der Waals surface area contributed by atoms with Crippen LogP contribution in [0, 0.1) is 0 Å². The second kappa shape index (κ2) is 6.10. The van der Waals surface area contributed by atoms with Crippen LogP contribution in [0.5, 0.6) is 0 Å². The van der Waals surface area contributed by atoms with Crippen molar-refractivity contribution in [3.63, 3.8) is 0 Å². The topological polar surface area (TPSA) is 32.3 Å². The molecule has 0 radical (unpaired) electrons. The number of amides is 1. The van der Waals surface area contributed by atoms with Gasteiger partial charge in [0.2, 0.25) is 5.91 Å². The van der Waals surface area contributed by atoms with Gasteiger partial charge in [-0.1, -0.05) is 20.3 Å². The molecule has 2 aliphatic heterocycles. The largest absolute Gasteiger partial charge is 0.325 e. The van der Waals surface area contributed by atoms with E-state index in [4.69, 9.17) is 0 Å². The van der Waals surface area contributed by atoms with E-state index in [2.05, 4.69) is 24.1 Å². The zero-order valence-electron chi connectivity index (χ0n) is 10.9. The van der Waals surface area contributed by atoms with E-state index in [0.29, 0.717) is 17.3 Å². The van der Waals surface area contributed by atoms with Gasteiger partial charge in [0.25, 0.3) is 0 Å². The van der Waals surface area contributed by atoms with Crippen LogP contribution in [-0.4, -0.2) is 40.6 Å². The highest BCUT2D eigenvalue weighted by atomic mass is 32.2. The van der Waals surface area contributed by atoms with Crippen LogP contribution in [0.25, 0.3) is 0 Å². The molecular formula is C13H24N2OS. The predicted molar refractivity (Wildman–Crippen MR) is 73.1 cm³/mol. The van der Waals surface area contributed by atoms with E-state index in [0.717, 1.165) is 25.8 Å². The maximum atomic E-state index is 12.3. The van der Waals surface area contributed by atoms with E-state index >= 15 is 0 Å². The van der Waals surface area contributed by atoms with Crippen LogP contribution >= 0.6 is 11.8 Å². The molecule has 2 heterocycles. The molecule has 2 fully saturated rings. The molecule has 4 heteroatoms. The van der Waals surface area contributed by atoms with Crippen molar-refractivity contribution in [1.29, 1.82) is 0 Å². The Morgan fingerprint density at radius 3 is 2.88 bits per heavy atom. The van der Waals surface area contributed by atoms with Crippen molar-refractivity contribution >= 4 is 17.7 Å². The number of rotatable bonds is 5. The highest BCUT2D eigenvalue weighted by Crippen LogP contribution is 2.29. The predicted octanol–water partition coefficient (Wildman–Crippen LogP) is 2.22. The number of carbonyl (C=O) groups excluding carboxylic acids is 1. The van der Waals surface area contributed by atoms with Crippen molar-refractivity contribution in [1.82, 2.24) is 10.2 Å². The molecule has 0 aliphatic carbocycles. The summed E-state index contributed by atoms with van der Waals surface area (Å²) >= 11 is 2.04. The van der Waals surface area contributed by atoms with Crippen molar-refractivity contribution in [3.05, 3.63) is 0 Å². The summed E-state index contributed by atoms with van der Waals surface area (Å²) in [6.07, 6.45) is 6.02. The Kier molecular flexibility index (Phi) is 4.74. The first-order valence-corrected chi connectivity index (χ1v) is 7.99. The van der Waals surface area contributed by atoms with Gasteiger partial charge >= 0.3 is 0 Å². The lowest BCUT2D eigenvalue weighted by molar-refractivity contribution is -0.130. The molecule has 17 heavy (non-hydrogen) atoms. The van der Waals surface area contributed by atoms with Crippen molar-refractivity contribution in [2.75, 3.05) is 12.3 Å². The van der Waals surface area contributed by atoms with Crippen molar-refractivity contribution in [2.45, 2.75) is 63.4 Å². The average molecular weight is 256 g/mol. The monoisotopic (exact) mass is 256 g/mol. The van der Waals surface area contributed by atoms with E-state index < -0.39 is 0 Å². The van der Waals surface area contributed by atoms with Crippen LogP contribution in [0.15, 0.2) is 0 Å². The van der Waals surface area contributed by atoms with Crippen LogP contribution in [-0.2, 0) is 4.79 Å². The minimum atomic E-state index is 0.0675. The molecule has 3 atom stereocenters. The number of carbonyl (C=O) groups is 1. The van der Waals surface area contributed by atoms with Crippen LogP contribution in [0.4, 0.5) is 0 Å². The summed E-state index contributed by atoms with van der Waals surface area (Å²) in [6.45, 7) is 5.23. The Balaban J connectivity index is 1.97. The van der Waals surface area contributed by atoms with Gasteiger partial charge in [-0.05, 0) is 31.4 Å². The van der Waals surface area contributed by atoms with Gasteiger partial charge in [0.15, 0.2) is 0 Å². The second-order valence-electron chi connectivity index (χ2n) is 5.06. The van der Waals surface area contributed by atoms with Gasteiger partial charge in [-0.3, -0.25) is 10.1 Å². The molecule has 98 valence electrons. The summed E-state index contributed by atoms with van der Waals surface area (Å²) in [5, 5.41) is 4.16. The highest BCUT2D eigenvalue weighted by Gasteiger charge is 2.38. The molecule has 1 N–H and O–H groups in total. The van der Waals surface area contributed by atoms with Crippen molar-refractivity contribution in [3.8, 4) is 0 Å². The van der Waals surface area contributed by atoms with Gasteiger partial charge in [0, 0.05) is 11.8 Å². The van der Waals surface area contributed by atoms with Gasteiger partial charge in [-0.25, -0.2) is 0 Å². The molecule has 0 aromatic heterocycles. The molecule has 2 rings (SSSR count). The Bertz CT molecular complexity index is 266. The zero-order valence-corrected chi connectivity index (χ0v) is 11.8. The molecule has 0 saturated carbocycles. The van der Waals surface area contributed by atoms with Crippen LogP contribution < -0.4 is 5.32 Å². The lowest BCUT2D eigenvalue weighted by Gasteiger charge is -2.26. The average Bonchev–Trinajstić information content (AvgIpc) is 2.92. The summed E-state index contributed by atoms with van der Waals surface area (Å²) in [6, 6.07) is 0.0675. The smallest absolute Gasteiger partial charge is 0.241 e. The molecule has 0 spiro atoms. The first-order chi connectivity index (χ1) is 8.26. The van der Waals surface area contributed by atoms with E-state index in [-0.39, 0.29) is 6.04 Å². The minimum Gasteiger partial charge on any atom is -0.325 e. The second-order valence-corrected chi connectivity index (χ2v) is 6.47. The van der Waals surface area contributed by atoms with Gasteiger partial charge in [0.05, 0.1) is 12.2 Å². The normalized spacial score (nSPS) is 33.6. The fourth-order valence-electron chi connectivity index (χ4n) is 2.78. The quantitative estimate of drug-likeness (QED) is 0.818. The van der Waals surface area contributed by atoms with Gasteiger partial charge in [0.1, 0.15) is 0 Å². The maximum absolute atomic E-state index is 12.3. The molecule has 2 aliphatic rings. The van der Waals surface area contributed by atoms with E-state index in [1.165, 1.54) is 18.6 Å². The lowest BCUT2D eigenvalue weighted by Crippen LogP contribution is -2.40. The maximum Gasteiger partial charge on any atom is 0.241 e. The van der Waals surface area contributed by atoms with Crippen LogP contribution in [0.2, 0.25) is 0 Å². The third-order valence-corrected chi connectivity index (χ3v) is 5.13. The van der Waals surface area contributed by atoms with Gasteiger partial charge in [-0.2, -0.15) is 11.8 Å². The third kappa shape index (κ3) is 2.97. The van der Waals surface area contributed by atoms with E-state index in [9.17, 15) is 4.79 Å². The van der Waals surface area contributed by atoms with E-state index in [1.54, 1.807) is 0 Å². The summed E-state index contributed by atoms with van der Waals surface area (Å²) in [5.41, 5.74) is 0. The van der Waals surface area contributed by atoms with Crippen LogP contribution in [0.3, 0.4) is 0 Å². The molecule has 2 saturated heterocycles. The number of thioether (sulfide) groups is 1. The van der Waals surface area contributed by atoms with E-state index in [1.807, 2.05) is 11.8 Å². The van der Waals surface area contributed by atoms with Crippen LogP contribution in [0.1, 0.15) is 46.0 Å². The Morgan fingerprint density at radius 2 is 2.29 bits per heavy atom. The van der Waals surface area contributed by atoms with Gasteiger partial charge < -0.3 is 4.90 Å². The fraction of sp³-hybridized carbons (Fsp3) is 0.923. The summed E-state index contributed by atoms with van der Waals surface area (Å²) in [5.74, 6) is 1.61. The number of nitrogens with one attached hydrogen (secondary N) is 1. The SMILES string of the molecule is CCCC1NC(CC)C(=O)N1CC1CCCS1. The number of hydrogen-bond donors (Lipinski definition) is 1. The molecule has 1 amide bonds. The molecule has 3 unspecified atom stereocenters. The molecule has 3 nitrogen and oxygen atoms in total.